The molecule has 1 aromatic carbocycles. The number of nitrogens with zero attached hydrogens (tertiary/aromatic N) is 2. The van der Waals surface area contributed by atoms with E-state index in [1.165, 1.54) is 6.33 Å². The maximum atomic E-state index is 11.6. The normalized spacial score (nSPS) is 9.87. The lowest BCUT2D eigenvalue weighted by molar-refractivity contribution is 0.101. The van der Waals surface area contributed by atoms with Gasteiger partial charge in [-0.2, -0.15) is 5.10 Å². The fourth-order valence-corrected chi connectivity index (χ4v) is 1.18. The number of carbonyl (C=O) groups excluding carboxylic acids is 1. The van der Waals surface area contributed by atoms with Gasteiger partial charge in [-0.15, -0.1) is 0 Å². The molecule has 0 unspecified atom stereocenters. The van der Waals surface area contributed by atoms with E-state index in [0.29, 0.717) is 11.5 Å². The Morgan fingerprint density at radius 1 is 1.33 bits per heavy atom. The molecule has 0 saturated carbocycles. The lowest BCUT2D eigenvalue weighted by atomic mass is 10.1. The molecule has 0 aliphatic heterocycles. The van der Waals surface area contributed by atoms with Crippen LogP contribution in [0.4, 0.5) is 5.95 Å². The zero-order chi connectivity index (χ0) is 10.5. The second kappa shape index (κ2) is 4.36. The summed E-state index contributed by atoms with van der Waals surface area (Å²) in [5, 5.41) is 9.13. The zero-order valence-corrected chi connectivity index (χ0v) is 7.97. The van der Waals surface area contributed by atoms with E-state index in [2.05, 4.69) is 20.5 Å². The lowest BCUT2D eigenvalue weighted by Crippen LogP contribution is -2.14. The van der Waals surface area contributed by atoms with Crippen molar-refractivity contribution in [1.82, 2.24) is 15.2 Å². The summed E-state index contributed by atoms with van der Waals surface area (Å²) in [5.41, 5.74) is 0.685. The van der Waals surface area contributed by atoms with Crippen molar-refractivity contribution in [2.75, 3.05) is 11.9 Å². The van der Waals surface area contributed by atoms with Crippen molar-refractivity contribution >= 4 is 11.7 Å². The molecule has 5 nitrogen and oxygen atoms in total. The highest BCUT2D eigenvalue weighted by Crippen LogP contribution is 2.00. The topological polar surface area (TPSA) is 70.7 Å². The Kier molecular flexibility index (Phi) is 2.73. The number of carbonyl (C=O) groups is 1. The van der Waals surface area contributed by atoms with Gasteiger partial charge in [-0.05, 0) is 0 Å². The number of anilines is 1. The lowest BCUT2D eigenvalue weighted by Gasteiger charge is -2.01. The van der Waals surface area contributed by atoms with Gasteiger partial charge in [0, 0.05) is 5.56 Å². The molecule has 0 radical (unpaired) electrons. The predicted molar refractivity (Wildman–Crippen MR) is 55.6 cm³/mol. The fraction of sp³-hybridized carbons (Fsp3) is 0.100. The van der Waals surface area contributed by atoms with Crippen LogP contribution in [-0.2, 0) is 0 Å². The summed E-state index contributed by atoms with van der Waals surface area (Å²) in [7, 11) is 0. The zero-order valence-electron chi connectivity index (χ0n) is 7.97. The molecule has 0 fully saturated rings. The van der Waals surface area contributed by atoms with Crippen molar-refractivity contribution in [2.45, 2.75) is 0 Å². The van der Waals surface area contributed by atoms with Crippen LogP contribution in [-0.4, -0.2) is 27.5 Å². The van der Waals surface area contributed by atoms with Gasteiger partial charge >= 0.3 is 0 Å². The average Bonchev–Trinajstić information content (AvgIpc) is 2.80. The number of ketones is 1. The van der Waals surface area contributed by atoms with Gasteiger partial charge in [0.2, 0.25) is 5.95 Å². The summed E-state index contributed by atoms with van der Waals surface area (Å²) in [4.78, 5) is 15.5. The summed E-state index contributed by atoms with van der Waals surface area (Å²) in [5.74, 6) is 0.520. The average molecular weight is 202 g/mol. The SMILES string of the molecule is O=C(CNc1ncn[nH]1)c1ccccc1. The quantitative estimate of drug-likeness (QED) is 0.728. The van der Waals surface area contributed by atoms with Crippen LogP contribution in [0.2, 0.25) is 0 Å². The third kappa shape index (κ3) is 2.40. The van der Waals surface area contributed by atoms with Crippen molar-refractivity contribution in [3.05, 3.63) is 42.2 Å². The molecule has 0 aliphatic rings. The standard InChI is InChI=1S/C10H10N4O/c15-9(8-4-2-1-3-5-8)6-11-10-12-7-13-14-10/h1-5,7H,6H2,(H2,11,12,13,14). The molecule has 5 heteroatoms. The van der Waals surface area contributed by atoms with Crippen LogP contribution in [0.15, 0.2) is 36.7 Å². The Balaban J connectivity index is 1.94. The Morgan fingerprint density at radius 2 is 2.13 bits per heavy atom. The van der Waals surface area contributed by atoms with E-state index >= 15 is 0 Å². The molecule has 2 rings (SSSR count). The van der Waals surface area contributed by atoms with E-state index in [4.69, 9.17) is 0 Å². The minimum Gasteiger partial charge on any atom is -0.347 e. The number of nitrogens with one attached hydrogen (secondary N) is 2. The van der Waals surface area contributed by atoms with E-state index < -0.39 is 0 Å². The van der Waals surface area contributed by atoms with Crippen LogP contribution < -0.4 is 5.32 Å². The summed E-state index contributed by atoms with van der Waals surface area (Å²) in [6.07, 6.45) is 1.38. The van der Waals surface area contributed by atoms with Gasteiger partial charge in [-0.25, -0.2) is 10.1 Å². The largest absolute Gasteiger partial charge is 0.347 e. The molecule has 1 aromatic heterocycles. The number of hydrogen-bond acceptors (Lipinski definition) is 4. The summed E-state index contributed by atoms with van der Waals surface area (Å²) < 4.78 is 0. The molecule has 2 aromatic rings. The number of rotatable bonds is 4. The Labute approximate surface area is 86.5 Å². The maximum Gasteiger partial charge on any atom is 0.218 e. The third-order valence-corrected chi connectivity index (χ3v) is 1.93. The Morgan fingerprint density at radius 3 is 2.80 bits per heavy atom. The van der Waals surface area contributed by atoms with Gasteiger partial charge in [0.15, 0.2) is 5.78 Å². The molecule has 1 heterocycles. The molecule has 76 valence electrons. The first-order valence-corrected chi connectivity index (χ1v) is 4.54. The molecule has 0 atom stereocenters. The van der Waals surface area contributed by atoms with Crippen molar-refractivity contribution in [3.8, 4) is 0 Å². The Bertz CT molecular complexity index is 424. The molecule has 0 spiro atoms. The number of aromatic nitrogens is 3. The molecule has 15 heavy (non-hydrogen) atoms. The molecule has 2 N–H and O–H groups in total. The van der Waals surface area contributed by atoms with Crippen molar-refractivity contribution in [2.24, 2.45) is 0 Å². The summed E-state index contributed by atoms with van der Waals surface area (Å²) in [6, 6.07) is 9.11. The molecule has 0 aliphatic carbocycles. The fourth-order valence-electron chi connectivity index (χ4n) is 1.18. The molecule has 0 saturated heterocycles. The first-order valence-electron chi connectivity index (χ1n) is 4.54. The van der Waals surface area contributed by atoms with Crippen molar-refractivity contribution in [3.63, 3.8) is 0 Å². The monoisotopic (exact) mass is 202 g/mol. The van der Waals surface area contributed by atoms with Crippen molar-refractivity contribution in [1.29, 1.82) is 0 Å². The van der Waals surface area contributed by atoms with Crippen LogP contribution in [0.3, 0.4) is 0 Å². The first-order chi connectivity index (χ1) is 7.36. The maximum absolute atomic E-state index is 11.6. The van der Waals surface area contributed by atoms with Crippen LogP contribution >= 0.6 is 0 Å². The molecular formula is C10H10N4O. The van der Waals surface area contributed by atoms with Crippen LogP contribution in [0.1, 0.15) is 10.4 Å². The van der Waals surface area contributed by atoms with Crippen molar-refractivity contribution < 1.29 is 4.79 Å². The third-order valence-electron chi connectivity index (χ3n) is 1.93. The van der Waals surface area contributed by atoms with E-state index in [1.54, 1.807) is 12.1 Å². The molecule has 0 amide bonds. The second-order valence-corrected chi connectivity index (χ2v) is 2.98. The van der Waals surface area contributed by atoms with Gasteiger partial charge in [0.1, 0.15) is 6.33 Å². The molecule has 0 bridgehead atoms. The van der Waals surface area contributed by atoms with E-state index in [-0.39, 0.29) is 12.3 Å². The summed E-state index contributed by atoms with van der Waals surface area (Å²) in [6.45, 7) is 0.208. The van der Waals surface area contributed by atoms with Crippen LogP contribution in [0.25, 0.3) is 0 Å². The minimum atomic E-state index is 0.0204. The van der Waals surface area contributed by atoms with E-state index in [1.807, 2.05) is 18.2 Å². The number of Topliss-reactive ketones (excluding diaryl/α,β-unsaturated/α-hetero) is 1. The van der Waals surface area contributed by atoms with Gasteiger partial charge in [-0.1, -0.05) is 30.3 Å². The Hall–Kier alpha value is -2.17. The van der Waals surface area contributed by atoms with Gasteiger partial charge in [0.25, 0.3) is 0 Å². The van der Waals surface area contributed by atoms with E-state index in [9.17, 15) is 4.79 Å². The van der Waals surface area contributed by atoms with Gasteiger partial charge in [-0.3, -0.25) is 4.79 Å². The highest BCUT2D eigenvalue weighted by Gasteiger charge is 2.04. The smallest absolute Gasteiger partial charge is 0.218 e. The second-order valence-electron chi connectivity index (χ2n) is 2.98. The van der Waals surface area contributed by atoms with Gasteiger partial charge in [0.05, 0.1) is 6.54 Å². The number of benzene rings is 1. The highest BCUT2D eigenvalue weighted by atomic mass is 16.1. The van der Waals surface area contributed by atoms with E-state index in [0.717, 1.165) is 0 Å². The number of hydrogen-bond donors (Lipinski definition) is 2. The first kappa shape index (κ1) is 9.39. The van der Waals surface area contributed by atoms with Crippen LogP contribution in [0, 0.1) is 0 Å². The minimum absolute atomic E-state index is 0.0204. The van der Waals surface area contributed by atoms with Crippen LogP contribution in [0.5, 0.6) is 0 Å². The number of H-pyrrole nitrogens is 1. The summed E-state index contributed by atoms with van der Waals surface area (Å²) >= 11 is 0. The number of aromatic amines is 1. The predicted octanol–water partition coefficient (Wildman–Crippen LogP) is 1.10. The molecular weight excluding hydrogens is 192 g/mol. The highest BCUT2D eigenvalue weighted by molar-refractivity contribution is 5.98. The van der Waals surface area contributed by atoms with Gasteiger partial charge < -0.3 is 5.32 Å².